The maximum Gasteiger partial charge on any atom is 0.357 e. The molecule has 0 saturated heterocycles. The van der Waals surface area contributed by atoms with Crippen LogP contribution in [0.3, 0.4) is 0 Å². The Balaban J connectivity index is 2.11. The fraction of sp³-hybridized carbons (Fsp3) is 0.188. The van der Waals surface area contributed by atoms with Crippen LogP contribution in [-0.2, 0) is 4.74 Å². The van der Waals surface area contributed by atoms with E-state index in [2.05, 4.69) is 10.1 Å². The van der Waals surface area contributed by atoms with E-state index in [4.69, 9.17) is 4.74 Å². The van der Waals surface area contributed by atoms with E-state index < -0.39 is 0 Å². The molecular weight excluding hydrogens is 266 g/mol. The molecule has 106 valence electrons. The highest BCUT2D eigenvalue weighted by Crippen LogP contribution is 2.19. The molecule has 1 aromatic carbocycles. The lowest BCUT2D eigenvalue weighted by Crippen LogP contribution is -2.11. The molecule has 3 rings (SSSR count). The number of carbonyl (C=O) groups excluding carboxylic acids is 1. The zero-order valence-electron chi connectivity index (χ0n) is 11.9. The summed E-state index contributed by atoms with van der Waals surface area (Å²) in [7, 11) is 0. The van der Waals surface area contributed by atoms with Gasteiger partial charge in [-0.1, -0.05) is 6.07 Å². The van der Waals surface area contributed by atoms with Gasteiger partial charge in [0.15, 0.2) is 5.69 Å². The Labute approximate surface area is 122 Å². The number of fused-ring (bicyclic) bond motifs is 1. The van der Waals surface area contributed by atoms with Crippen molar-refractivity contribution in [3.8, 4) is 5.69 Å². The van der Waals surface area contributed by atoms with E-state index in [9.17, 15) is 4.79 Å². The molecule has 0 aliphatic carbocycles. The summed E-state index contributed by atoms with van der Waals surface area (Å²) in [6.07, 6.45) is 3.54. The molecule has 0 aliphatic heterocycles. The number of aromatic nitrogens is 3. The summed E-state index contributed by atoms with van der Waals surface area (Å²) in [6.45, 7) is 3.97. The van der Waals surface area contributed by atoms with Gasteiger partial charge in [-0.05, 0) is 43.5 Å². The van der Waals surface area contributed by atoms with Gasteiger partial charge in [0.05, 0.1) is 18.0 Å². The molecule has 0 N–H and O–H groups in total. The van der Waals surface area contributed by atoms with E-state index in [-0.39, 0.29) is 5.97 Å². The predicted molar refractivity (Wildman–Crippen MR) is 79.6 cm³/mol. The molecule has 0 saturated carbocycles. The monoisotopic (exact) mass is 281 g/mol. The van der Waals surface area contributed by atoms with Crippen molar-refractivity contribution in [1.29, 1.82) is 0 Å². The van der Waals surface area contributed by atoms with Gasteiger partial charge in [-0.25, -0.2) is 9.48 Å². The van der Waals surface area contributed by atoms with E-state index in [1.165, 1.54) is 0 Å². The molecule has 0 fully saturated rings. The highest BCUT2D eigenvalue weighted by Gasteiger charge is 2.16. The second kappa shape index (κ2) is 5.36. The van der Waals surface area contributed by atoms with Crippen molar-refractivity contribution >= 4 is 16.7 Å². The molecule has 5 nitrogen and oxygen atoms in total. The second-order valence-corrected chi connectivity index (χ2v) is 4.71. The number of hydrogen-bond donors (Lipinski definition) is 0. The third-order valence-corrected chi connectivity index (χ3v) is 3.18. The van der Waals surface area contributed by atoms with E-state index in [1.54, 1.807) is 30.1 Å². The molecular formula is C16H15N3O2. The molecule has 0 spiro atoms. The quantitative estimate of drug-likeness (QED) is 0.693. The van der Waals surface area contributed by atoms with Crippen LogP contribution >= 0.6 is 0 Å². The van der Waals surface area contributed by atoms with E-state index in [0.717, 1.165) is 22.2 Å². The molecule has 21 heavy (non-hydrogen) atoms. The summed E-state index contributed by atoms with van der Waals surface area (Å²) >= 11 is 0. The normalized spacial score (nSPS) is 10.8. The summed E-state index contributed by atoms with van der Waals surface area (Å²) in [5.41, 5.74) is 2.01. The Morgan fingerprint density at radius 1 is 1.24 bits per heavy atom. The van der Waals surface area contributed by atoms with Gasteiger partial charge >= 0.3 is 5.97 Å². The highest BCUT2D eigenvalue weighted by atomic mass is 16.5. The molecule has 0 unspecified atom stereocenters. The summed E-state index contributed by atoms with van der Waals surface area (Å²) in [5, 5.41) is 6.48. The molecule has 5 heteroatoms. The zero-order chi connectivity index (χ0) is 14.8. The SMILES string of the molecule is CCOC(=O)c1cc(C)nn1-c1ccc2ccncc2c1. The summed E-state index contributed by atoms with van der Waals surface area (Å²) < 4.78 is 6.69. The summed E-state index contributed by atoms with van der Waals surface area (Å²) in [5.74, 6) is -0.371. The van der Waals surface area contributed by atoms with Crippen LogP contribution in [0, 0.1) is 6.92 Å². The Morgan fingerprint density at radius 3 is 2.90 bits per heavy atom. The number of benzene rings is 1. The first-order valence-electron chi connectivity index (χ1n) is 6.77. The Hall–Kier alpha value is -2.69. The van der Waals surface area contributed by atoms with Crippen LogP contribution in [-0.4, -0.2) is 27.3 Å². The minimum atomic E-state index is -0.371. The highest BCUT2D eigenvalue weighted by molar-refractivity contribution is 5.89. The summed E-state index contributed by atoms with van der Waals surface area (Å²) in [4.78, 5) is 16.1. The van der Waals surface area contributed by atoms with Gasteiger partial charge in [-0.15, -0.1) is 0 Å². The average Bonchev–Trinajstić information content (AvgIpc) is 2.89. The first kappa shape index (κ1) is 13.3. The number of aryl methyl sites for hydroxylation is 1. The van der Waals surface area contributed by atoms with Crippen LogP contribution in [0.25, 0.3) is 16.5 Å². The number of nitrogens with zero attached hydrogens (tertiary/aromatic N) is 3. The fourth-order valence-corrected chi connectivity index (χ4v) is 2.25. The van der Waals surface area contributed by atoms with Crippen molar-refractivity contribution in [2.45, 2.75) is 13.8 Å². The van der Waals surface area contributed by atoms with Gasteiger partial charge in [0.25, 0.3) is 0 Å². The van der Waals surface area contributed by atoms with Gasteiger partial charge in [0.1, 0.15) is 0 Å². The first-order chi connectivity index (χ1) is 10.2. The first-order valence-corrected chi connectivity index (χ1v) is 6.77. The summed E-state index contributed by atoms with van der Waals surface area (Å²) in [6, 6.07) is 9.54. The van der Waals surface area contributed by atoms with Crippen LogP contribution < -0.4 is 0 Å². The Morgan fingerprint density at radius 2 is 2.10 bits per heavy atom. The van der Waals surface area contributed by atoms with Crippen molar-refractivity contribution in [2.24, 2.45) is 0 Å². The predicted octanol–water partition coefficient (Wildman–Crippen LogP) is 2.91. The van der Waals surface area contributed by atoms with Gasteiger partial charge in [0.2, 0.25) is 0 Å². The number of pyridine rings is 1. The maximum absolute atomic E-state index is 12.0. The van der Waals surface area contributed by atoms with Gasteiger partial charge in [-0.3, -0.25) is 4.98 Å². The number of ether oxygens (including phenoxy) is 1. The molecule has 0 radical (unpaired) electrons. The molecule has 0 bridgehead atoms. The molecule has 2 heterocycles. The molecule has 0 atom stereocenters. The average molecular weight is 281 g/mol. The van der Waals surface area contributed by atoms with Gasteiger partial charge in [0, 0.05) is 17.8 Å². The van der Waals surface area contributed by atoms with Crippen molar-refractivity contribution in [2.75, 3.05) is 6.61 Å². The Kier molecular flexibility index (Phi) is 3.39. The third-order valence-electron chi connectivity index (χ3n) is 3.18. The smallest absolute Gasteiger partial charge is 0.357 e. The topological polar surface area (TPSA) is 57.0 Å². The van der Waals surface area contributed by atoms with E-state index >= 15 is 0 Å². The van der Waals surface area contributed by atoms with Crippen molar-refractivity contribution < 1.29 is 9.53 Å². The van der Waals surface area contributed by atoms with Gasteiger partial charge < -0.3 is 4.74 Å². The van der Waals surface area contributed by atoms with Gasteiger partial charge in [-0.2, -0.15) is 5.10 Å². The van der Waals surface area contributed by atoms with E-state index in [0.29, 0.717) is 12.3 Å². The Bertz CT molecular complexity index is 808. The van der Waals surface area contributed by atoms with Crippen molar-refractivity contribution in [3.63, 3.8) is 0 Å². The zero-order valence-corrected chi connectivity index (χ0v) is 11.9. The lowest BCUT2D eigenvalue weighted by atomic mass is 10.1. The minimum Gasteiger partial charge on any atom is -0.461 e. The lowest BCUT2D eigenvalue weighted by Gasteiger charge is -2.08. The number of carbonyl (C=O) groups is 1. The van der Waals surface area contributed by atoms with Crippen LogP contribution in [0.15, 0.2) is 42.7 Å². The minimum absolute atomic E-state index is 0.338. The number of esters is 1. The largest absolute Gasteiger partial charge is 0.461 e. The van der Waals surface area contributed by atoms with Crippen LogP contribution in [0.5, 0.6) is 0 Å². The van der Waals surface area contributed by atoms with Crippen molar-refractivity contribution in [1.82, 2.24) is 14.8 Å². The molecule has 2 aromatic heterocycles. The molecule has 3 aromatic rings. The molecule has 0 amide bonds. The second-order valence-electron chi connectivity index (χ2n) is 4.71. The third kappa shape index (κ3) is 2.50. The maximum atomic E-state index is 12.0. The molecule has 0 aliphatic rings. The van der Waals surface area contributed by atoms with Crippen LogP contribution in [0.2, 0.25) is 0 Å². The van der Waals surface area contributed by atoms with Crippen LogP contribution in [0.4, 0.5) is 0 Å². The fourth-order valence-electron chi connectivity index (χ4n) is 2.25. The number of rotatable bonds is 3. The van der Waals surface area contributed by atoms with Crippen molar-refractivity contribution in [3.05, 3.63) is 54.1 Å². The standard InChI is InChI=1S/C16H15N3O2/c1-3-21-16(20)15-8-11(2)18-19(15)14-5-4-12-6-7-17-10-13(12)9-14/h4-10H,3H2,1-2H3. The number of hydrogen-bond acceptors (Lipinski definition) is 4. The van der Waals surface area contributed by atoms with Crippen LogP contribution in [0.1, 0.15) is 23.1 Å². The van der Waals surface area contributed by atoms with E-state index in [1.807, 2.05) is 31.2 Å². The lowest BCUT2D eigenvalue weighted by molar-refractivity contribution is 0.0515.